The van der Waals surface area contributed by atoms with Gasteiger partial charge in [0.15, 0.2) is 0 Å². The summed E-state index contributed by atoms with van der Waals surface area (Å²) in [5.41, 5.74) is 1.97. The molecule has 1 amide bonds. The number of carbonyl (C=O) groups is 1. The van der Waals surface area contributed by atoms with Crippen LogP contribution in [0, 0.1) is 6.92 Å². The van der Waals surface area contributed by atoms with Crippen molar-refractivity contribution in [3.8, 4) is 11.5 Å². The second-order valence-corrected chi connectivity index (χ2v) is 6.82. The molecule has 150 valence electrons. The number of piperazine rings is 1. The summed E-state index contributed by atoms with van der Waals surface area (Å²) in [7, 11) is 5.31. The minimum atomic E-state index is -0.215. The molecule has 1 aliphatic rings. The number of aromatic nitrogens is 2. The van der Waals surface area contributed by atoms with Gasteiger partial charge >= 0.3 is 0 Å². The van der Waals surface area contributed by atoms with E-state index in [1.165, 1.54) is 0 Å². The first kappa shape index (κ1) is 19.9. The lowest BCUT2D eigenvalue weighted by molar-refractivity contribution is 0.0949. The highest BCUT2D eigenvalue weighted by atomic mass is 16.5. The third kappa shape index (κ3) is 4.51. The molecule has 0 bridgehead atoms. The van der Waals surface area contributed by atoms with Crippen LogP contribution in [0.25, 0.3) is 0 Å². The molecule has 3 rings (SSSR count). The third-order valence-corrected chi connectivity index (χ3v) is 4.92. The predicted molar refractivity (Wildman–Crippen MR) is 107 cm³/mol. The summed E-state index contributed by atoms with van der Waals surface area (Å²) in [6.07, 6.45) is 1.61. The molecule has 0 atom stereocenters. The number of hydrogen-bond donors (Lipinski definition) is 1. The van der Waals surface area contributed by atoms with Gasteiger partial charge in [-0.3, -0.25) is 4.79 Å². The highest BCUT2D eigenvalue weighted by Crippen LogP contribution is 2.24. The van der Waals surface area contributed by atoms with Gasteiger partial charge in [0.25, 0.3) is 5.91 Å². The molecule has 0 aliphatic carbocycles. The number of hydrogen-bond acceptors (Lipinski definition) is 7. The molecule has 1 aromatic carbocycles. The molecule has 1 fully saturated rings. The SMILES string of the molecule is COc1ccc(OC)c(CNC(=O)c2cnc(N3CCN(C)CC3)nc2C)c1. The summed E-state index contributed by atoms with van der Waals surface area (Å²) in [4.78, 5) is 26.0. The van der Waals surface area contributed by atoms with Crippen molar-refractivity contribution in [1.29, 1.82) is 0 Å². The summed E-state index contributed by atoms with van der Waals surface area (Å²) in [6, 6.07) is 5.48. The second-order valence-electron chi connectivity index (χ2n) is 6.82. The van der Waals surface area contributed by atoms with Gasteiger partial charge in [-0.15, -0.1) is 0 Å². The van der Waals surface area contributed by atoms with Crippen molar-refractivity contribution in [3.63, 3.8) is 0 Å². The number of nitrogens with zero attached hydrogens (tertiary/aromatic N) is 4. The number of rotatable bonds is 6. The molecule has 2 aromatic rings. The fourth-order valence-corrected chi connectivity index (χ4v) is 3.13. The maximum absolute atomic E-state index is 12.6. The van der Waals surface area contributed by atoms with Gasteiger partial charge in [0.1, 0.15) is 11.5 Å². The van der Waals surface area contributed by atoms with Crippen LogP contribution in [0.4, 0.5) is 5.95 Å². The van der Waals surface area contributed by atoms with Gasteiger partial charge in [-0.25, -0.2) is 9.97 Å². The number of nitrogens with one attached hydrogen (secondary N) is 1. The smallest absolute Gasteiger partial charge is 0.254 e. The summed E-state index contributed by atoms with van der Waals surface area (Å²) >= 11 is 0. The average Bonchev–Trinajstić information content (AvgIpc) is 2.72. The largest absolute Gasteiger partial charge is 0.497 e. The first-order chi connectivity index (χ1) is 13.5. The number of ether oxygens (including phenoxy) is 2. The minimum Gasteiger partial charge on any atom is -0.497 e. The van der Waals surface area contributed by atoms with Crippen molar-refractivity contribution >= 4 is 11.9 Å². The molecule has 0 radical (unpaired) electrons. The molecule has 1 aromatic heterocycles. The summed E-state index contributed by atoms with van der Waals surface area (Å²) in [5.74, 6) is 1.87. The van der Waals surface area contributed by atoms with Crippen LogP contribution in [0.1, 0.15) is 21.6 Å². The van der Waals surface area contributed by atoms with Crippen LogP contribution in [-0.4, -0.2) is 68.2 Å². The van der Waals surface area contributed by atoms with E-state index in [1.54, 1.807) is 20.4 Å². The van der Waals surface area contributed by atoms with Crippen molar-refractivity contribution in [2.75, 3.05) is 52.3 Å². The zero-order valence-corrected chi connectivity index (χ0v) is 16.9. The lowest BCUT2D eigenvalue weighted by atomic mass is 10.1. The van der Waals surface area contributed by atoms with Crippen molar-refractivity contribution in [2.24, 2.45) is 0 Å². The van der Waals surface area contributed by atoms with E-state index < -0.39 is 0 Å². The molecule has 8 nitrogen and oxygen atoms in total. The van der Waals surface area contributed by atoms with Gasteiger partial charge in [0.05, 0.1) is 25.5 Å². The van der Waals surface area contributed by atoms with E-state index in [2.05, 4.69) is 32.1 Å². The Kier molecular flexibility index (Phi) is 6.30. The fraction of sp³-hybridized carbons (Fsp3) is 0.450. The maximum Gasteiger partial charge on any atom is 0.254 e. The molecule has 8 heteroatoms. The van der Waals surface area contributed by atoms with Gasteiger partial charge < -0.3 is 24.6 Å². The molecule has 2 heterocycles. The van der Waals surface area contributed by atoms with E-state index in [-0.39, 0.29) is 5.91 Å². The first-order valence-electron chi connectivity index (χ1n) is 9.28. The highest BCUT2D eigenvalue weighted by molar-refractivity contribution is 5.95. The lowest BCUT2D eigenvalue weighted by Gasteiger charge is -2.32. The summed E-state index contributed by atoms with van der Waals surface area (Å²) in [6.45, 7) is 5.88. The quantitative estimate of drug-likeness (QED) is 0.807. The van der Waals surface area contributed by atoms with E-state index >= 15 is 0 Å². The summed E-state index contributed by atoms with van der Waals surface area (Å²) < 4.78 is 10.6. The molecular formula is C20H27N5O3. The van der Waals surface area contributed by atoms with Crippen LogP contribution < -0.4 is 19.7 Å². The number of carbonyl (C=O) groups excluding carboxylic acids is 1. The highest BCUT2D eigenvalue weighted by Gasteiger charge is 2.19. The molecular weight excluding hydrogens is 358 g/mol. The van der Waals surface area contributed by atoms with Crippen LogP contribution >= 0.6 is 0 Å². The molecule has 28 heavy (non-hydrogen) atoms. The predicted octanol–water partition coefficient (Wildman–Crippen LogP) is 1.48. The van der Waals surface area contributed by atoms with Crippen molar-refractivity contribution in [3.05, 3.63) is 41.2 Å². The normalized spacial score (nSPS) is 14.6. The van der Waals surface area contributed by atoms with Gasteiger partial charge in [-0.05, 0) is 32.2 Å². The topological polar surface area (TPSA) is 79.8 Å². The van der Waals surface area contributed by atoms with Crippen LogP contribution in [0.15, 0.2) is 24.4 Å². The van der Waals surface area contributed by atoms with Gasteiger partial charge in [-0.2, -0.15) is 0 Å². The fourth-order valence-electron chi connectivity index (χ4n) is 3.13. The Labute approximate surface area is 165 Å². The zero-order valence-electron chi connectivity index (χ0n) is 16.9. The van der Waals surface area contributed by atoms with Gasteiger partial charge in [0, 0.05) is 44.5 Å². The number of amides is 1. The number of anilines is 1. The number of methoxy groups -OCH3 is 2. The molecule has 0 spiro atoms. The Balaban J connectivity index is 1.68. The second kappa shape index (κ2) is 8.88. The van der Waals surface area contributed by atoms with Gasteiger partial charge in [0.2, 0.25) is 5.95 Å². The van der Waals surface area contributed by atoms with Crippen molar-refractivity contribution in [1.82, 2.24) is 20.2 Å². The monoisotopic (exact) mass is 385 g/mol. The van der Waals surface area contributed by atoms with Crippen LogP contribution in [0.3, 0.4) is 0 Å². The Hall–Kier alpha value is -2.87. The zero-order chi connectivity index (χ0) is 20.1. The minimum absolute atomic E-state index is 0.215. The first-order valence-corrected chi connectivity index (χ1v) is 9.28. The molecule has 1 aliphatic heterocycles. The van der Waals surface area contributed by atoms with E-state index in [0.717, 1.165) is 31.7 Å². The average molecular weight is 385 g/mol. The third-order valence-electron chi connectivity index (χ3n) is 4.92. The Morgan fingerprint density at radius 1 is 1.18 bits per heavy atom. The summed E-state index contributed by atoms with van der Waals surface area (Å²) in [5, 5.41) is 2.91. The van der Waals surface area contributed by atoms with Crippen LogP contribution in [0.2, 0.25) is 0 Å². The standard InChI is InChI=1S/C20H27N5O3/c1-14-17(13-22-20(23-14)25-9-7-24(2)8-10-25)19(26)21-12-15-11-16(27-3)5-6-18(15)28-4/h5-6,11,13H,7-10,12H2,1-4H3,(H,21,26). The number of likely N-dealkylation sites (N-methyl/N-ethyl adjacent to an activating group) is 1. The van der Waals surface area contributed by atoms with Crippen molar-refractivity contribution < 1.29 is 14.3 Å². The van der Waals surface area contributed by atoms with E-state index in [4.69, 9.17) is 9.47 Å². The van der Waals surface area contributed by atoms with E-state index in [9.17, 15) is 4.79 Å². The molecule has 0 saturated carbocycles. The van der Waals surface area contributed by atoms with Gasteiger partial charge in [-0.1, -0.05) is 0 Å². The van der Waals surface area contributed by atoms with E-state index in [1.807, 2.05) is 25.1 Å². The Bertz CT molecular complexity index is 835. The molecule has 1 N–H and O–H groups in total. The number of benzene rings is 1. The van der Waals surface area contributed by atoms with Crippen LogP contribution in [-0.2, 0) is 6.54 Å². The molecule has 1 saturated heterocycles. The van der Waals surface area contributed by atoms with E-state index in [0.29, 0.717) is 35.2 Å². The van der Waals surface area contributed by atoms with Crippen molar-refractivity contribution in [2.45, 2.75) is 13.5 Å². The number of aryl methyl sites for hydroxylation is 1. The van der Waals surface area contributed by atoms with Crippen LogP contribution in [0.5, 0.6) is 11.5 Å². The maximum atomic E-state index is 12.6. The Morgan fingerprint density at radius 2 is 1.93 bits per heavy atom. The lowest BCUT2D eigenvalue weighted by Crippen LogP contribution is -2.45. The molecule has 0 unspecified atom stereocenters. The Morgan fingerprint density at radius 3 is 2.57 bits per heavy atom.